The molecule has 0 aliphatic carbocycles. The van der Waals surface area contributed by atoms with Crippen LogP contribution in [0.25, 0.3) is 0 Å². The van der Waals surface area contributed by atoms with Gasteiger partial charge >= 0.3 is 5.97 Å². The number of esters is 1. The van der Waals surface area contributed by atoms with Crippen LogP contribution in [-0.4, -0.2) is 25.8 Å². The fourth-order valence-corrected chi connectivity index (χ4v) is 2.06. The first-order valence-corrected chi connectivity index (χ1v) is 8.11. The van der Waals surface area contributed by atoms with Crippen molar-refractivity contribution in [1.29, 1.82) is 0 Å². The molecule has 3 nitrogen and oxygen atoms in total. The molecule has 1 aromatic rings. The van der Waals surface area contributed by atoms with Crippen LogP contribution in [0.5, 0.6) is 0 Å². The molecule has 0 fully saturated rings. The minimum absolute atomic E-state index is 0.274. The summed E-state index contributed by atoms with van der Waals surface area (Å²) >= 11 is 0. The van der Waals surface area contributed by atoms with Crippen molar-refractivity contribution in [2.45, 2.75) is 52.4 Å². The highest BCUT2D eigenvalue weighted by molar-refractivity contribution is 5.89. The van der Waals surface area contributed by atoms with Crippen molar-refractivity contribution in [2.75, 3.05) is 19.8 Å². The maximum absolute atomic E-state index is 11.8. The lowest BCUT2D eigenvalue weighted by atomic mass is 10.1. The maximum atomic E-state index is 11.8. The Hall–Kier alpha value is -1.35. The number of unbranched alkanes of at least 4 members (excludes halogenated alkanes) is 4. The van der Waals surface area contributed by atoms with Crippen LogP contribution >= 0.6 is 0 Å². The molecule has 0 saturated carbocycles. The van der Waals surface area contributed by atoms with Crippen LogP contribution in [0.15, 0.2) is 24.3 Å². The van der Waals surface area contributed by atoms with Crippen LogP contribution < -0.4 is 0 Å². The SMILES string of the molecule is CCCCCCCOCCOC(=O)c1ccc(CC)cc1. The van der Waals surface area contributed by atoms with Crippen LogP contribution in [0.4, 0.5) is 0 Å². The zero-order valence-corrected chi connectivity index (χ0v) is 13.4. The number of hydrogen-bond donors (Lipinski definition) is 0. The number of rotatable bonds is 11. The third kappa shape index (κ3) is 7.86. The van der Waals surface area contributed by atoms with E-state index in [4.69, 9.17) is 9.47 Å². The monoisotopic (exact) mass is 292 g/mol. The highest BCUT2D eigenvalue weighted by Gasteiger charge is 2.06. The number of carbonyl (C=O) groups is 1. The number of hydrogen-bond acceptors (Lipinski definition) is 3. The van der Waals surface area contributed by atoms with Gasteiger partial charge in [-0.25, -0.2) is 4.79 Å². The van der Waals surface area contributed by atoms with E-state index < -0.39 is 0 Å². The van der Waals surface area contributed by atoms with Crippen molar-refractivity contribution in [1.82, 2.24) is 0 Å². The van der Waals surface area contributed by atoms with Crippen molar-refractivity contribution in [3.63, 3.8) is 0 Å². The predicted molar refractivity (Wildman–Crippen MR) is 85.7 cm³/mol. The third-order valence-electron chi connectivity index (χ3n) is 3.45. The molecule has 1 rings (SSSR count). The van der Waals surface area contributed by atoms with Crippen LogP contribution in [0.3, 0.4) is 0 Å². The van der Waals surface area contributed by atoms with E-state index in [-0.39, 0.29) is 5.97 Å². The smallest absolute Gasteiger partial charge is 0.338 e. The van der Waals surface area contributed by atoms with Crippen LogP contribution in [-0.2, 0) is 15.9 Å². The summed E-state index contributed by atoms with van der Waals surface area (Å²) in [6.45, 7) is 5.86. The topological polar surface area (TPSA) is 35.5 Å². The second kappa shape index (κ2) is 11.3. The van der Waals surface area contributed by atoms with Gasteiger partial charge in [0.05, 0.1) is 12.2 Å². The standard InChI is InChI=1S/C18H28O3/c1-3-5-6-7-8-13-20-14-15-21-18(19)17-11-9-16(4-2)10-12-17/h9-12H,3-8,13-15H2,1-2H3. The number of aryl methyl sites for hydroxylation is 1. The predicted octanol–water partition coefficient (Wildman–Crippen LogP) is 4.39. The molecule has 0 N–H and O–H groups in total. The molecule has 0 heterocycles. The zero-order valence-electron chi connectivity index (χ0n) is 13.4. The Kier molecular flexibility index (Phi) is 9.55. The molecule has 0 bridgehead atoms. The maximum Gasteiger partial charge on any atom is 0.338 e. The molecule has 3 heteroatoms. The van der Waals surface area contributed by atoms with Crippen LogP contribution in [0.1, 0.15) is 61.9 Å². The average molecular weight is 292 g/mol. The molecule has 0 radical (unpaired) electrons. The van der Waals surface area contributed by atoms with Gasteiger partial charge in [-0.2, -0.15) is 0 Å². The number of benzene rings is 1. The van der Waals surface area contributed by atoms with E-state index in [0.29, 0.717) is 18.8 Å². The van der Waals surface area contributed by atoms with Gasteiger partial charge in [-0.15, -0.1) is 0 Å². The fourth-order valence-electron chi connectivity index (χ4n) is 2.06. The fraction of sp³-hybridized carbons (Fsp3) is 0.611. The molecule has 0 atom stereocenters. The summed E-state index contributed by atoms with van der Waals surface area (Å²) in [5.41, 5.74) is 1.82. The van der Waals surface area contributed by atoms with Gasteiger partial charge in [0.15, 0.2) is 0 Å². The van der Waals surface area contributed by atoms with Crippen molar-refractivity contribution < 1.29 is 14.3 Å². The van der Waals surface area contributed by atoms with Gasteiger partial charge in [-0.3, -0.25) is 0 Å². The molecule has 1 aromatic carbocycles. The molecule has 0 amide bonds. The minimum atomic E-state index is -0.274. The second-order valence-electron chi connectivity index (χ2n) is 5.21. The molecule has 0 aliphatic heterocycles. The molecule has 0 unspecified atom stereocenters. The van der Waals surface area contributed by atoms with Gasteiger partial charge in [0.1, 0.15) is 6.61 Å². The summed E-state index contributed by atoms with van der Waals surface area (Å²) in [4.78, 5) is 11.8. The molecule has 0 saturated heterocycles. The Morgan fingerprint density at radius 2 is 1.62 bits per heavy atom. The first-order chi connectivity index (χ1) is 10.3. The Morgan fingerprint density at radius 1 is 0.905 bits per heavy atom. The van der Waals surface area contributed by atoms with Gasteiger partial charge in [0.25, 0.3) is 0 Å². The minimum Gasteiger partial charge on any atom is -0.460 e. The molecule has 0 aliphatic rings. The lowest BCUT2D eigenvalue weighted by molar-refractivity contribution is 0.0312. The quantitative estimate of drug-likeness (QED) is 0.448. The normalized spacial score (nSPS) is 10.6. The summed E-state index contributed by atoms with van der Waals surface area (Å²) < 4.78 is 10.6. The first kappa shape index (κ1) is 17.7. The molecule has 21 heavy (non-hydrogen) atoms. The third-order valence-corrected chi connectivity index (χ3v) is 3.45. The van der Waals surface area contributed by atoms with E-state index in [1.54, 1.807) is 0 Å². The summed E-state index contributed by atoms with van der Waals surface area (Å²) in [6.07, 6.45) is 7.12. The van der Waals surface area contributed by atoms with Crippen LogP contribution in [0, 0.1) is 0 Å². The van der Waals surface area contributed by atoms with E-state index in [1.165, 1.54) is 31.2 Å². The van der Waals surface area contributed by atoms with Gasteiger partial charge in [-0.05, 0) is 30.5 Å². The van der Waals surface area contributed by atoms with E-state index >= 15 is 0 Å². The average Bonchev–Trinajstić information content (AvgIpc) is 2.53. The lowest BCUT2D eigenvalue weighted by Crippen LogP contribution is -2.11. The molecule has 0 spiro atoms. The van der Waals surface area contributed by atoms with Gasteiger partial charge in [0, 0.05) is 6.61 Å². The molecule has 0 aromatic heterocycles. The lowest BCUT2D eigenvalue weighted by Gasteiger charge is -2.06. The largest absolute Gasteiger partial charge is 0.460 e. The molecular weight excluding hydrogens is 264 g/mol. The van der Waals surface area contributed by atoms with Gasteiger partial charge < -0.3 is 9.47 Å². The van der Waals surface area contributed by atoms with Crippen LogP contribution in [0.2, 0.25) is 0 Å². The summed E-state index contributed by atoms with van der Waals surface area (Å²) in [6, 6.07) is 7.55. The van der Waals surface area contributed by atoms with E-state index in [9.17, 15) is 4.79 Å². The Labute approximate surface area is 128 Å². The number of carbonyl (C=O) groups excluding carboxylic acids is 1. The summed E-state index contributed by atoms with van der Waals surface area (Å²) in [5.74, 6) is -0.274. The number of ether oxygens (including phenoxy) is 2. The van der Waals surface area contributed by atoms with Crippen molar-refractivity contribution in [3.05, 3.63) is 35.4 Å². The van der Waals surface area contributed by atoms with E-state index in [2.05, 4.69) is 13.8 Å². The molecular formula is C18H28O3. The Bertz CT molecular complexity index is 384. The summed E-state index contributed by atoms with van der Waals surface area (Å²) in [5, 5.41) is 0. The highest BCUT2D eigenvalue weighted by atomic mass is 16.6. The molecule has 118 valence electrons. The second-order valence-corrected chi connectivity index (χ2v) is 5.21. The van der Waals surface area contributed by atoms with Crippen molar-refractivity contribution in [2.24, 2.45) is 0 Å². The van der Waals surface area contributed by atoms with E-state index in [1.807, 2.05) is 24.3 Å². The van der Waals surface area contributed by atoms with Crippen molar-refractivity contribution >= 4 is 5.97 Å². The first-order valence-electron chi connectivity index (χ1n) is 8.11. The summed E-state index contributed by atoms with van der Waals surface area (Å²) in [7, 11) is 0. The Balaban J connectivity index is 2.05. The van der Waals surface area contributed by atoms with Crippen molar-refractivity contribution in [3.8, 4) is 0 Å². The Morgan fingerprint density at radius 3 is 2.29 bits per heavy atom. The zero-order chi connectivity index (χ0) is 15.3. The van der Waals surface area contributed by atoms with Gasteiger partial charge in [0.2, 0.25) is 0 Å². The highest BCUT2D eigenvalue weighted by Crippen LogP contribution is 2.06. The van der Waals surface area contributed by atoms with E-state index in [0.717, 1.165) is 19.4 Å². The van der Waals surface area contributed by atoms with Gasteiger partial charge in [-0.1, -0.05) is 51.7 Å².